The third-order valence-electron chi connectivity index (χ3n) is 2.88. The molecule has 0 aliphatic carbocycles. The van der Waals surface area contributed by atoms with Gasteiger partial charge in [0.2, 0.25) is 0 Å². The Labute approximate surface area is 130 Å². The molecule has 2 rings (SSSR count). The SMILES string of the molecule is CP(C)(=O)c1ccc(-c2nccc(COS(C)(=O)=O)n2)cc1. The monoisotopic (exact) mass is 340 g/mol. The van der Waals surface area contributed by atoms with E-state index >= 15 is 0 Å². The topological polar surface area (TPSA) is 86.2 Å². The molecule has 0 fully saturated rings. The summed E-state index contributed by atoms with van der Waals surface area (Å²) in [6.45, 7) is 3.29. The van der Waals surface area contributed by atoms with E-state index in [-0.39, 0.29) is 6.61 Å². The van der Waals surface area contributed by atoms with Gasteiger partial charge in [-0.3, -0.25) is 4.18 Å². The molecule has 0 N–H and O–H groups in total. The van der Waals surface area contributed by atoms with Crippen LogP contribution in [0.15, 0.2) is 36.5 Å². The Balaban J connectivity index is 2.24. The number of hydrogen-bond acceptors (Lipinski definition) is 6. The van der Waals surface area contributed by atoms with Crippen LogP contribution in [0.2, 0.25) is 0 Å². The number of benzene rings is 1. The molecule has 0 amide bonds. The molecule has 2 aromatic rings. The van der Waals surface area contributed by atoms with Gasteiger partial charge in [-0.25, -0.2) is 9.97 Å². The van der Waals surface area contributed by atoms with E-state index in [0.29, 0.717) is 11.5 Å². The first-order valence-corrected chi connectivity index (χ1v) is 10.9. The molecule has 0 bridgehead atoms. The van der Waals surface area contributed by atoms with Crippen LogP contribution in [-0.4, -0.2) is 38.0 Å². The third-order valence-corrected chi connectivity index (χ3v) is 4.97. The molecule has 118 valence electrons. The largest absolute Gasteiger partial charge is 0.319 e. The quantitative estimate of drug-likeness (QED) is 0.610. The van der Waals surface area contributed by atoms with Crippen LogP contribution in [0.5, 0.6) is 0 Å². The van der Waals surface area contributed by atoms with Crippen LogP contribution in [0.1, 0.15) is 5.69 Å². The van der Waals surface area contributed by atoms with E-state index in [2.05, 4.69) is 9.97 Å². The van der Waals surface area contributed by atoms with Crippen molar-refractivity contribution in [2.24, 2.45) is 0 Å². The summed E-state index contributed by atoms with van der Waals surface area (Å²) in [5.74, 6) is 0.461. The lowest BCUT2D eigenvalue weighted by Gasteiger charge is -2.08. The normalized spacial score (nSPS) is 12.3. The van der Waals surface area contributed by atoms with Gasteiger partial charge in [-0.05, 0) is 19.4 Å². The van der Waals surface area contributed by atoms with Crippen LogP contribution in [0, 0.1) is 0 Å². The molecule has 0 aliphatic heterocycles. The summed E-state index contributed by atoms with van der Waals surface area (Å²) in [6, 6.07) is 8.77. The molecule has 8 heteroatoms. The molecule has 1 aromatic heterocycles. The lowest BCUT2D eigenvalue weighted by molar-refractivity contribution is 0.307. The van der Waals surface area contributed by atoms with Crippen molar-refractivity contribution in [1.29, 1.82) is 0 Å². The lowest BCUT2D eigenvalue weighted by Crippen LogP contribution is -2.05. The predicted octanol–water partition coefficient (Wildman–Crippen LogP) is 1.87. The van der Waals surface area contributed by atoms with E-state index < -0.39 is 17.3 Å². The van der Waals surface area contributed by atoms with Crippen LogP contribution < -0.4 is 5.30 Å². The highest BCUT2D eigenvalue weighted by Crippen LogP contribution is 2.34. The fraction of sp³-hybridized carbons (Fsp3) is 0.286. The molecular weight excluding hydrogens is 323 g/mol. The summed E-state index contributed by atoms with van der Waals surface area (Å²) in [5, 5.41) is 0.785. The lowest BCUT2D eigenvalue weighted by atomic mass is 10.2. The van der Waals surface area contributed by atoms with Crippen LogP contribution in [0.25, 0.3) is 11.4 Å². The van der Waals surface area contributed by atoms with Crippen molar-refractivity contribution in [3.05, 3.63) is 42.2 Å². The smallest absolute Gasteiger partial charge is 0.264 e. The maximum Gasteiger partial charge on any atom is 0.264 e. The summed E-state index contributed by atoms with van der Waals surface area (Å²) in [4.78, 5) is 8.43. The zero-order valence-corrected chi connectivity index (χ0v) is 14.3. The average molecular weight is 340 g/mol. The van der Waals surface area contributed by atoms with Gasteiger partial charge in [0.1, 0.15) is 13.7 Å². The van der Waals surface area contributed by atoms with E-state index in [0.717, 1.165) is 17.1 Å². The highest BCUT2D eigenvalue weighted by Gasteiger charge is 2.11. The van der Waals surface area contributed by atoms with Gasteiger partial charge < -0.3 is 4.57 Å². The van der Waals surface area contributed by atoms with Crippen molar-refractivity contribution in [2.45, 2.75) is 6.61 Å². The second-order valence-corrected chi connectivity index (χ2v) is 10.1. The van der Waals surface area contributed by atoms with Gasteiger partial charge in [-0.1, -0.05) is 24.3 Å². The summed E-state index contributed by atoms with van der Waals surface area (Å²) in [5.41, 5.74) is 1.23. The van der Waals surface area contributed by atoms with Crippen molar-refractivity contribution in [3.63, 3.8) is 0 Å². The van der Waals surface area contributed by atoms with E-state index in [9.17, 15) is 13.0 Å². The molecule has 0 atom stereocenters. The first-order chi connectivity index (χ1) is 10.1. The molecular formula is C14H17N2O4PS. The number of hydrogen-bond donors (Lipinski definition) is 0. The standard InChI is InChI=1S/C14H17N2O4PS/c1-21(2,17)13-6-4-11(5-7-13)14-15-9-8-12(16-14)10-20-22(3,18)19/h4-9H,10H2,1-3H3. The fourth-order valence-corrected chi connectivity index (χ4v) is 2.95. The molecule has 6 nitrogen and oxygen atoms in total. The van der Waals surface area contributed by atoms with Crippen molar-refractivity contribution in [1.82, 2.24) is 9.97 Å². The minimum absolute atomic E-state index is 0.133. The summed E-state index contributed by atoms with van der Waals surface area (Å²) in [7, 11) is -5.81. The van der Waals surface area contributed by atoms with Gasteiger partial charge in [0.25, 0.3) is 10.1 Å². The Morgan fingerprint density at radius 3 is 2.32 bits per heavy atom. The maximum atomic E-state index is 12.0. The van der Waals surface area contributed by atoms with E-state index in [1.807, 2.05) is 0 Å². The fourth-order valence-electron chi connectivity index (χ4n) is 1.75. The highest BCUT2D eigenvalue weighted by molar-refractivity contribution is 7.85. The molecule has 0 saturated carbocycles. The molecule has 0 aliphatic rings. The summed E-state index contributed by atoms with van der Waals surface area (Å²) < 4.78 is 38.7. The van der Waals surface area contributed by atoms with Crippen molar-refractivity contribution >= 4 is 22.6 Å². The van der Waals surface area contributed by atoms with Crippen LogP contribution in [0.3, 0.4) is 0 Å². The molecule has 0 saturated heterocycles. The zero-order chi connectivity index (χ0) is 16.4. The van der Waals surface area contributed by atoms with Crippen molar-refractivity contribution in [3.8, 4) is 11.4 Å². The zero-order valence-electron chi connectivity index (χ0n) is 12.6. The molecule has 0 spiro atoms. The highest BCUT2D eigenvalue weighted by atomic mass is 32.2. The van der Waals surface area contributed by atoms with Crippen LogP contribution >= 0.6 is 7.14 Å². The first-order valence-electron chi connectivity index (χ1n) is 6.47. The summed E-state index contributed by atoms with van der Waals surface area (Å²) in [6.07, 6.45) is 2.53. The van der Waals surface area contributed by atoms with E-state index in [4.69, 9.17) is 4.18 Å². The molecule has 0 radical (unpaired) electrons. The van der Waals surface area contributed by atoms with E-state index in [1.165, 1.54) is 0 Å². The van der Waals surface area contributed by atoms with Gasteiger partial charge in [0.05, 0.1) is 11.9 Å². The van der Waals surface area contributed by atoms with Crippen molar-refractivity contribution in [2.75, 3.05) is 19.6 Å². The third kappa shape index (κ3) is 4.73. The van der Waals surface area contributed by atoms with Crippen LogP contribution in [0.4, 0.5) is 0 Å². The van der Waals surface area contributed by atoms with Crippen LogP contribution in [-0.2, 0) is 25.5 Å². The first kappa shape index (κ1) is 16.8. The van der Waals surface area contributed by atoms with Gasteiger partial charge in [0.15, 0.2) is 5.82 Å². The second kappa shape index (κ2) is 6.28. The maximum absolute atomic E-state index is 12.0. The molecule has 22 heavy (non-hydrogen) atoms. The van der Waals surface area contributed by atoms with E-state index in [1.54, 1.807) is 49.9 Å². The number of nitrogens with zero attached hydrogens (tertiary/aromatic N) is 2. The van der Waals surface area contributed by atoms with Gasteiger partial charge >= 0.3 is 0 Å². The number of aromatic nitrogens is 2. The van der Waals surface area contributed by atoms with Crippen molar-refractivity contribution < 1.29 is 17.2 Å². The Hall–Kier alpha value is -1.56. The van der Waals surface area contributed by atoms with Gasteiger partial charge in [-0.15, -0.1) is 0 Å². The molecule has 1 aromatic carbocycles. The average Bonchev–Trinajstić information content (AvgIpc) is 2.44. The van der Waals surface area contributed by atoms with Gasteiger partial charge in [-0.2, -0.15) is 8.42 Å². The Kier molecular flexibility index (Phi) is 4.80. The second-order valence-electron chi connectivity index (χ2n) is 5.24. The molecule has 0 unspecified atom stereocenters. The minimum atomic E-state index is -3.51. The number of rotatable bonds is 5. The Morgan fingerprint density at radius 2 is 1.77 bits per heavy atom. The minimum Gasteiger partial charge on any atom is -0.319 e. The summed E-state index contributed by atoms with van der Waals surface area (Å²) >= 11 is 0. The Morgan fingerprint density at radius 1 is 1.14 bits per heavy atom. The Bertz CT molecular complexity index is 813. The molecule has 1 heterocycles. The predicted molar refractivity (Wildman–Crippen MR) is 86.2 cm³/mol. The van der Waals surface area contributed by atoms with Gasteiger partial charge in [0, 0.05) is 17.1 Å².